The van der Waals surface area contributed by atoms with Gasteiger partial charge in [0.15, 0.2) is 5.76 Å². The minimum atomic E-state index is -0.628. The monoisotopic (exact) mass is 402 g/mol. The summed E-state index contributed by atoms with van der Waals surface area (Å²) in [5, 5.41) is 4.52. The number of esters is 1. The Labute approximate surface area is 164 Å². The Kier molecular flexibility index (Phi) is 5.90. The summed E-state index contributed by atoms with van der Waals surface area (Å²) in [7, 11) is 0. The molecule has 1 amide bonds. The lowest BCUT2D eigenvalue weighted by atomic mass is 10.2. The molecule has 2 aromatic carbocycles. The molecule has 0 spiro atoms. The summed E-state index contributed by atoms with van der Waals surface area (Å²) >= 11 is 12.0. The van der Waals surface area contributed by atoms with Gasteiger partial charge in [0.2, 0.25) is 0 Å². The van der Waals surface area contributed by atoms with Gasteiger partial charge in [0, 0.05) is 10.6 Å². The molecule has 3 rings (SSSR count). The Bertz CT molecular complexity index is 1000. The maximum atomic E-state index is 12.3. The first kappa shape index (κ1) is 18.7. The minimum Gasteiger partial charge on any atom is -0.459 e. The molecule has 0 aliphatic carbocycles. The third-order valence-electron chi connectivity index (χ3n) is 3.38. The van der Waals surface area contributed by atoms with Crippen LogP contribution in [0.5, 0.6) is 5.75 Å². The van der Waals surface area contributed by atoms with Gasteiger partial charge in [-0.2, -0.15) is 5.10 Å². The zero-order chi connectivity index (χ0) is 19.2. The standard InChI is InChI=1S/C19H12Cl2N2O4/c20-13-7-8-16(27-19(25)14-4-1-2-5-15(14)21)12(10-13)11-22-23-18(24)17-6-3-9-26-17/h1-11H,(H,23,24)/b22-11+. The van der Waals surface area contributed by atoms with Crippen LogP contribution in [-0.4, -0.2) is 18.1 Å². The fourth-order valence-electron chi connectivity index (χ4n) is 2.12. The number of nitrogens with zero attached hydrogens (tertiary/aromatic N) is 1. The van der Waals surface area contributed by atoms with Crippen LogP contribution in [0.4, 0.5) is 0 Å². The number of rotatable bonds is 5. The van der Waals surface area contributed by atoms with Crippen molar-refractivity contribution in [3.8, 4) is 5.75 Å². The summed E-state index contributed by atoms with van der Waals surface area (Å²) < 4.78 is 10.4. The van der Waals surface area contributed by atoms with Crippen LogP contribution in [0.3, 0.4) is 0 Å². The molecule has 0 aliphatic rings. The molecular formula is C19H12Cl2N2O4. The predicted molar refractivity (Wildman–Crippen MR) is 102 cm³/mol. The van der Waals surface area contributed by atoms with Crippen molar-refractivity contribution in [2.75, 3.05) is 0 Å². The maximum Gasteiger partial charge on any atom is 0.345 e. The molecule has 136 valence electrons. The van der Waals surface area contributed by atoms with E-state index >= 15 is 0 Å². The van der Waals surface area contributed by atoms with Crippen molar-refractivity contribution in [3.05, 3.63) is 87.8 Å². The van der Waals surface area contributed by atoms with E-state index in [1.165, 1.54) is 24.6 Å². The zero-order valence-corrected chi connectivity index (χ0v) is 15.2. The van der Waals surface area contributed by atoms with Crippen molar-refractivity contribution in [2.45, 2.75) is 0 Å². The first-order chi connectivity index (χ1) is 13.0. The average Bonchev–Trinajstić information content (AvgIpc) is 3.19. The molecule has 1 aromatic heterocycles. The Balaban J connectivity index is 1.77. The highest BCUT2D eigenvalue weighted by atomic mass is 35.5. The summed E-state index contributed by atoms with van der Waals surface area (Å²) in [6.07, 6.45) is 2.68. The molecule has 0 aliphatic heterocycles. The molecule has 27 heavy (non-hydrogen) atoms. The van der Waals surface area contributed by atoms with E-state index in [-0.39, 0.29) is 22.1 Å². The summed E-state index contributed by atoms with van der Waals surface area (Å²) in [6, 6.07) is 14.2. The average molecular weight is 403 g/mol. The molecular weight excluding hydrogens is 391 g/mol. The van der Waals surface area contributed by atoms with Crippen LogP contribution in [-0.2, 0) is 0 Å². The quantitative estimate of drug-likeness (QED) is 0.293. The number of halogens is 2. The number of furan rings is 1. The maximum absolute atomic E-state index is 12.3. The van der Waals surface area contributed by atoms with E-state index in [0.29, 0.717) is 10.6 Å². The fourth-order valence-corrected chi connectivity index (χ4v) is 2.51. The number of hydrazone groups is 1. The van der Waals surface area contributed by atoms with E-state index in [1.54, 1.807) is 42.5 Å². The zero-order valence-electron chi connectivity index (χ0n) is 13.7. The molecule has 6 nitrogen and oxygen atoms in total. The van der Waals surface area contributed by atoms with E-state index in [9.17, 15) is 9.59 Å². The van der Waals surface area contributed by atoms with E-state index in [4.69, 9.17) is 32.4 Å². The number of nitrogens with one attached hydrogen (secondary N) is 1. The Morgan fingerprint density at radius 1 is 1.07 bits per heavy atom. The lowest BCUT2D eigenvalue weighted by Crippen LogP contribution is -2.17. The van der Waals surface area contributed by atoms with Crippen LogP contribution in [0.1, 0.15) is 26.5 Å². The SMILES string of the molecule is O=C(N/N=C/c1cc(Cl)ccc1OC(=O)c1ccccc1Cl)c1ccco1. The van der Waals surface area contributed by atoms with Crippen molar-refractivity contribution in [1.82, 2.24) is 5.43 Å². The van der Waals surface area contributed by atoms with Gasteiger partial charge in [-0.1, -0.05) is 35.3 Å². The van der Waals surface area contributed by atoms with Crippen LogP contribution >= 0.6 is 23.2 Å². The smallest absolute Gasteiger partial charge is 0.345 e. The van der Waals surface area contributed by atoms with Crippen molar-refractivity contribution < 1.29 is 18.7 Å². The van der Waals surface area contributed by atoms with E-state index in [2.05, 4.69) is 10.5 Å². The lowest BCUT2D eigenvalue weighted by molar-refractivity contribution is 0.0734. The fraction of sp³-hybridized carbons (Fsp3) is 0. The van der Waals surface area contributed by atoms with Crippen LogP contribution < -0.4 is 10.2 Å². The highest BCUT2D eigenvalue weighted by Gasteiger charge is 2.14. The Morgan fingerprint density at radius 3 is 2.63 bits per heavy atom. The molecule has 0 bridgehead atoms. The van der Waals surface area contributed by atoms with Gasteiger partial charge in [0.1, 0.15) is 5.75 Å². The van der Waals surface area contributed by atoms with Crippen molar-refractivity contribution in [3.63, 3.8) is 0 Å². The topological polar surface area (TPSA) is 80.9 Å². The molecule has 8 heteroatoms. The van der Waals surface area contributed by atoms with Gasteiger partial charge in [-0.25, -0.2) is 10.2 Å². The molecule has 0 saturated heterocycles. The molecule has 3 aromatic rings. The molecule has 1 N–H and O–H groups in total. The molecule has 0 saturated carbocycles. The van der Waals surface area contributed by atoms with Crippen molar-refractivity contribution in [2.24, 2.45) is 5.10 Å². The molecule has 0 fully saturated rings. The van der Waals surface area contributed by atoms with Crippen molar-refractivity contribution in [1.29, 1.82) is 0 Å². The normalized spacial score (nSPS) is 10.7. The van der Waals surface area contributed by atoms with Gasteiger partial charge >= 0.3 is 11.9 Å². The van der Waals surface area contributed by atoms with Gasteiger partial charge in [-0.05, 0) is 42.5 Å². The van der Waals surface area contributed by atoms with Crippen LogP contribution in [0, 0.1) is 0 Å². The van der Waals surface area contributed by atoms with Gasteiger partial charge in [-0.15, -0.1) is 0 Å². The number of carbonyl (C=O) groups excluding carboxylic acids is 2. The van der Waals surface area contributed by atoms with Crippen LogP contribution in [0.25, 0.3) is 0 Å². The van der Waals surface area contributed by atoms with Crippen LogP contribution in [0.2, 0.25) is 10.0 Å². The highest BCUT2D eigenvalue weighted by molar-refractivity contribution is 6.33. The first-order valence-corrected chi connectivity index (χ1v) is 8.43. The summed E-state index contributed by atoms with van der Waals surface area (Å²) in [5.74, 6) is -0.825. The van der Waals surface area contributed by atoms with E-state index < -0.39 is 11.9 Å². The largest absolute Gasteiger partial charge is 0.459 e. The van der Waals surface area contributed by atoms with Gasteiger partial charge in [-0.3, -0.25) is 4.79 Å². The molecule has 0 radical (unpaired) electrons. The van der Waals surface area contributed by atoms with E-state index in [0.717, 1.165) is 0 Å². The minimum absolute atomic E-state index is 0.114. The third kappa shape index (κ3) is 4.75. The summed E-state index contributed by atoms with van der Waals surface area (Å²) in [5.41, 5.74) is 2.92. The second kappa shape index (κ2) is 8.53. The van der Waals surface area contributed by atoms with Crippen LogP contribution in [0.15, 0.2) is 70.4 Å². The second-order valence-electron chi connectivity index (χ2n) is 5.23. The second-order valence-corrected chi connectivity index (χ2v) is 6.07. The highest BCUT2D eigenvalue weighted by Crippen LogP contribution is 2.24. The molecule has 1 heterocycles. The number of ether oxygens (including phenoxy) is 1. The number of hydrogen-bond donors (Lipinski definition) is 1. The lowest BCUT2D eigenvalue weighted by Gasteiger charge is -2.08. The third-order valence-corrected chi connectivity index (χ3v) is 3.95. The number of hydrogen-bond acceptors (Lipinski definition) is 5. The van der Waals surface area contributed by atoms with Gasteiger partial charge in [0.25, 0.3) is 0 Å². The van der Waals surface area contributed by atoms with Gasteiger partial charge in [0.05, 0.1) is 23.1 Å². The molecule has 0 atom stereocenters. The molecule has 0 unspecified atom stereocenters. The summed E-state index contributed by atoms with van der Waals surface area (Å²) in [4.78, 5) is 24.1. The summed E-state index contributed by atoms with van der Waals surface area (Å²) in [6.45, 7) is 0. The Morgan fingerprint density at radius 2 is 1.89 bits per heavy atom. The van der Waals surface area contributed by atoms with Gasteiger partial charge < -0.3 is 9.15 Å². The van der Waals surface area contributed by atoms with E-state index in [1.807, 2.05) is 0 Å². The Hall–Kier alpha value is -3.09. The predicted octanol–water partition coefficient (Wildman–Crippen LogP) is 4.57. The first-order valence-electron chi connectivity index (χ1n) is 7.68. The number of amides is 1. The number of carbonyl (C=O) groups is 2. The van der Waals surface area contributed by atoms with Crippen molar-refractivity contribution >= 4 is 41.3 Å². The number of benzene rings is 2.